The third kappa shape index (κ3) is 5.20. The third-order valence-corrected chi connectivity index (χ3v) is 7.45. The summed E-state index contributed by atoms with van der Waals surface area (Å²) in [7, 11) is 0. The van der Waals surface area contributed by atoms with Gasteiger partial charge in [-0.15, -0.1) is 0 Å². The lowest BCUT2D eigenvalue weighted by Crippen LogP contribution is -2.62. The van der Waals surface area contributed by atoms with E-state index in [0.717, 1.165) is 12.1 Å². The molecule has 10 N–H and O–H groups in total. The van der Waals surface area contributed by atoms with Crippen molar-refractivity contribution in [3.63, 3.8) is 0 Å². The van der Waals surface area contributed by atoms with Crippen LogP contribution in [-0.2, 0) is 14.2 Å². The van der Waals surface area contributed by atoms with Crippen molar-refractivity contribution in [3.8, 4) is 28.6 Å². The molecule has 2 aliphatic rings. The second-order valence-corrected chi connectivity index (χ2v) is 10.1. The molecule has 0 spiro atoms. The summed E-state index contributed by atoms with van der Waals surface area (Å²) < 4.78 is 22.4. The van der Waals surface area contributed by atoms with E-state index in [0.29, 0.717) is 5.56 Å². The maximum Gasteiger partial charge on any atom is 0.197 e. The van der Waals surface area contributed by atoms with Crippen LogP contribution in [0.5, 0.6) is 17.2 Å². The summed E-state index contributed by atoms with van der Waals surface area (Å²) in [4.78, 5) is 13.1. The molecule has 0 bridgehead atoms. The highest BCUT2D eigenvalue weighted by Gasteiger charge is 2.52. The summed E-state index contributed by atoms with van der Waals surface area (Å²) in [6, 6.07) is 7.75. The lowest BCUT2D eigenvalue weighted by Gasteiger charge is -2.46. The number of aliphatic hydroxyl groups is 7. The van der Waals surface area contributed by atoms with Gasteiger partial charge < -0.3 is 69.7 Å². The van der Waals surface area contributed by atoms with Gasteiger partial charge in [0.2, 0.25) is 0 Å². The molecule has 3 aromatic rings. The van der Waals surface area contributed by atoms with E-state index in [1.54, 1.807) is 0 Å². The normalized spacial score (nSPS) is 33.6. The smallest absolute Gasteiger partial charge is 0.197 e. The molecule has 0 aliphatic carbocycles. The SMILES string of the molecule is O=c1cc(-c2ccc(O)cc2)oc2cc(O)c([C@@H]3O[C@@H](CO)[C@@H](O)[C@H](O)[C@@H]3O[C@@H]3O[C@H](CO)[C@H](O)[C@H](O)[C@H]3O)c(O)c12. The molecule has 0 saturated carbocycles. The van der Waals surface area contributed by atoms with Crippen LogP contribution >= 0.6 is 0 Å². The van der Waals surface area contributed by atoms with Gasteiger partial charge in [0.15, 0.2) is 11.7 Å². The molecule has 10 atom stereocenters. The molecule has 2 aromatic carbocycles. The summed E-state index contributed by atoms with van der Waals surface area (Å²) in [5.74, 6) is -1.53. The first-order valence-electron chi connectivity index (χ1n) is 12.9. The van der Waals surface area contributed by atoms with Crippen molar-refractivity contribution in [2.24, 2.45) is 0 Å². The minimum atomic E-state index is -1.92. The van der Waals surface area contributed by atoms with Crippen LogP contribution in [0, 0.1) is 0 Å². The van der Waals surface area contributed by atoms with Gasteiger partial charge in [0.25, 0.3) is 0 Å². The zero-order valence-electron chi connectivity index (χ0n) is 21.7. The number of phenols is 3. The molecule has 228 valence electrons. The van der Waals surface area contributed by atoms with Crippen LogP contribution in [0.2, 0.25) is 0 Å². The molecule has 2 fully saturated rings. The van der Waals surface area contributed by atoms with Crippen LogP contribution in [0.1, 0.15) is 11.7 Å². The van der Waals surface area contributed by atoms with E-state index in [2.05, 4.69) is 0 Å². The summed E-state index contributed by atoms with van der Waals surface area (Å²) >= 11 is 0. The maximum absolute atomic E-state index is 13.1. The Morgan fingerprint density at radius 2 is 1.38 bits per heavy atom. The molecular weight excluding hydrogens is 564 g/mol. The van der Waals surface area contributed by atoms with Crippen LogP contribution < -0.4 is 5.43 Å². The molecule has 15 heteroatoms. The predicted octanol–water partition coefficient (Wildman–Crippen LogP) is -2.08. The highest BCUT2D eigenvalue weighted by molar-refractivity contribution is 5.88. The fraction of sp³-hybridized carbons (Fsp3) is 0.444. The van der Waals surface area contributed by atoms with Crippen molar-refractivity contribution < 1.29 is 69.7 Å². The largest absolute Gasteiger partial charge is 0.508 e. The average Bonchev–Trinajstić information content (AvgIpc) is 2.96. The predicted molar refractivity (Wildman–Crippen MR) is 138 cm³/mol. The van der Waals surface area contributed by atoms with E-state index in [9.17, 15) is 55.9 Å². The molecule has 42 heavy (non-hydrogen) atoms. The molecule has 15 nitrogen and oxygen atoms in total. The topological polar surface area (TPSA) is 260 Å². The first kappa shape index (κ1) is 30.1. The fourth-order valence-electron chi connectivity index (χ4n) is 5.16. The van der Waals surface area contributed by atoms with Crippen molar-refractivity contribution in [2.45, 2.75) is 61.2 Å². The average molecular weight is 595 g/mol. The van der Waals surface area contributed by atoms with E-state index in [1.807, 2.05) is 0 Å². The van der Waals surface area contributed by atoms with Gasteiger partial charge in [-0.05, 0) is 24.3 Å². The second-order valence-electron chi connectivity index (χ2n) is 10.1. The number of fused-ring (bicyclic) bond motifs is 1. The quantitative estimate of drug-likeness (QED) is 0.147. The minimum Gasteiger partial charge on any atom is -0.508 e. The van der Waals surface area contributed by atoms with Crippen LogP contribution in [0.3, 0.4) is 0 Å². The Kier molecular flexibility index (Phi) is 8.41. The van der Waals surface area contributed by atoms with Gasteiger partial charge in [-0.2, -0.15) is 0 Å². The van der Waals surface area contributed by atoms with Crippen LogP contribution in [0.25, 0.3) is 22.3 Å². The van der Waals surface area contributed by atoms with Gasteiger partial charge >= 0.3 is 0 Å². The highest BCUT2D eigenvalue weighted by Crippen LogP contribution is 2.46. The lowest BCUT2D eigenvalue weighted by atomic mass is 9.89. The molecule has 1 aromatic heterocycles. The van der Waals surface area contributed by atoms with Gasteiger partial charge in [-0.25, -0.2) is 0 Å². The van der Waals surface area contributed by atoms with Crippen molar-refractivity contribution in [2.75, 3.05) is 13.2 Å². The highest BCUT2D eigenvalue weighted by atomic mass is 16.7. The van der Waals surface area contributed by atoms with E-state index >= 15 is 0 Å². The number of ether oxygens (including phenoxy) is 3. The molecule has 2 aliphatic heterocycles. The molecule has 0 radical (unpaired) electrons. The standard InChI is InChI=1S/C27H30O15/c28-7-15-20(34)23(37)26(42-27-24(38)22(36)19(33)16(8-29)41-27)25(40-15)18-12(32)6-14-17(21(18)35)11(31)5-13(39-14)9-1-3-10(30)4-2-9/h1-6,15-16,19-20,22-30,32-38H,7-8H2/t15-,16+,19-,20+,22-,23-,24+,25-,26-,27-/m0/s1. The maximum atomic E-state index is 13.1. The van der Waals surface area contributed by atoms with Gasteiger partial charge in [0.05, 0.1) is 18.8 Å². The third-order valence-electron chi connectivity index (χ3n) is 7.45. The first-order valence-corrected chi connectivity index (χ1v) is 12.9. The zero-order valence-corrected chi connectivity index (χ0v) is 21.7. The van der Waals surface area contributed by atoms with Crippen LogP contribution in [0.4, 0.5) is 0 Å². The van der Waals surface area contributed by atoms with Crippen LogP contribution in [0.15, 0.2) is 45.6 Å². The number of phenolic OH excluding ortho intramolecular Hbond substituents is 3. The number of benzene rings is 2. The summed E-state index contributed by atoms with van der Waals surface area (Å²) in [6.07, 6.45) is -17.4. The zero-order chi connectivity index (χ0) is 30.5. The number of aromatic hydroxyl groups is 3. The number of hydrogen-bond donors (Lipinski definition) is 10. The molecular formula is C27H30O15. The van der Waals surface area contributed by atoms with Gasteiger partial charge in [0, 0.05) is 17.7 Å². The molecule has 0 unspecified atom stereocenters. The minimum absolute atomic E-state index is 0.0247. The van der Waals surface area contributed by atoms with Gasteiger partial charge in [-0.1, -0.05) is 0 Å². The molecule has 2 saturated heterocycles. The lowest BCUT2D eigenvalue weighted by molar-refractivity contribution is -0.342. The van der Waals surface area contributed by atoms with Crippen LogP contribution in [-0.4, -0.2) is 119 Å². The van der Waals surface area contributed by atoms with Gasteiger partial charge in [-0.3, -0.25) is 4.79 Å². The first-order chi connectivity index (χ1) is 20.0. The molecule has 5 rings (SSSR count). The van der Waals surface area contributed by atoms with Gasteiger partial charge in [0.1, 0.15) is 88.9 Å². The monoisotopic (exact) mass is 594 g/mol. The van der Waals surface area contributed by atoms with Crippen molar-refractivity contribution in [1.82, 2.24) is 0 Å². The Balaban J connectivity index is 1.58. The van der Waals surface area contributed by atoms with E-state index in [-0.39, 0.29) is 17.1 Å². The Morgan fingerprint density at radius 1 is 0.762 bits per heavy atom. The number of rotatable bonds is 6. The van der Waals surface area contributed by atoms with E-state index in [4.69, 9.17) is 18.6 Å². The summed E-state index contributed by atoms with van der Waals surface area (Å²) in [5, 5.41) is 103. The van der Waals surface area contributed by atoms with E-state index < -0.39 is 102 Å². The Bertz CT molecular complexity index is 1470. The Hall–Kier alpha value is -3.35. The van der Waals surface area contributed by atoms with Crippen molar-refractivity contribution >= 4 is 11.0 Å². The number of aliphatic hydroxyl groups excluding tert-OH is 7. The molecule has 3 heterocycles. The summed E-state index contributed by atoms with van der Waals surface area (Å²) in [5.41, 5.74) is -1.10. The fourth-order valence-corrected chi connectivity index (χ4v) is 5.16. The van der Waals surface area contributed by atoms with E-state index in [1.165, 1.54) is 24.3 Å². The van der Waals surface area contributed by atoms with Crippen molar-refractivity contribution in [1.29, 1.82) is 0 Å². The van der Waals surface area contributed by atoms with Crippen molar-refractivity contribution in [3.05, 3.63) is 52.2 Å². The number of hydrogen-bond acceptors (Lipinski definition) is 15. The Labute approximate surface area is 236 Å². The molecule has 0 amide bonds. The summed E-state index contributed by atoms with van der Waals surface area (Å²) in [6.45, 7) is -1.62. The Morgan fingerprint density at radius 3 is 2.02 bits per heavy atom. The second kappa shape index (κ2) is 11.7.